The van der Waals surface area contributed by atoms with E-state index in [0.717, 1.165) is 10.4 Å². The molecule has 2 N–H and O–H groups in total. The van der Waals surface area contributed by atoms with Crippen molar-refractivity contribution in [3.63, 3.8) is 0 Å². The van der Waals surface area contributed by atoms with Crippen molar-refractivity contribution in [3.05, 3.63) is 135 Å². The third kappa shape index (κ3) is 6.66. The molecule has 7 heteroatoms. The van der Waals surface area contributed by atoms with Crippen LogP contribution in [0.4, 0.5) is 5.69 Å². The first-order valence-electron chi connectivity index (χ1n) is 11.0. The van der Waals surface area contributed by atoms with E-state index >= 15 is 0 Å². The molecule has 0 spiro atoms. The fourth-order valence-corrected chi connectivity index (χ4v) is 4.10. The summed E-state index contributed by atoms with van der Waals surface area (Å²) in [6, 6.07) is 26.1. The molecule has 0 fully saturated rings. The van der Waals surface area contributed by atoms with Gasteiger partial charge in [0, 0.05) is 26.7 Å². The molecule has 0 radical (unpaired) electrons. The summed E-state index contributed by atoms with van der Waals surface area (Å²) < 4.78 is 0. The molecule has 2 amide bonds. The highest BCUT2D eigenvalue weighted by Crippen LogP contribution is 2.18. The zero-order valence-electron chi connectivity index (χ0n) is 19.0. The fourth-order valence-electron chi connectivity index (χ4n) is 3.25. The number of benzene rings is 3. The number of carbonyl (C=O) groups is 3. The maximum absolute atomic E-state index is 13.0. The standard InChI is InChI=1S/C29H21ClN2O3S/c30-25-11-5-4-7-20(25)14-17-27(33)21-12-15-23(16-13-21)31-29(35)26(19-24-10-6-18-36-24)32-28(34)22-8-2-1-3-9-22/h1-19H,(H,31,35)(H,32,34)/b17-14+,26-19-. The Bertz CT molecular complexity index is 1430. The Morgan fingerprint density at radius 1 is 0.778 bits per heavy atom. The number of carbonyl (C=O) groups excluding carboxylic acids is 3. The third-order valence-electron chi connectivity index (χ3n) is 5.11. The number of hydrogen-bond acceptors (Lipinski definition) is 4. The number of rotatable bonds is 8. The molecule has 5 nitrogen and oxygen atoms in total. The van der Waals surface area contributed by atoms with Crippen LogP contribution in [-0.2, 0) is 4.79 Å². The van der Waals surface area contributed by atoms with Crippen LogP contribution in [0.1, 0.15) is 31.2 Å². The van der Waals surface area contributed by atoms with Crippen LogP contribution in [0.3, 0.4) is 0 Å². The second kappa shape index (κ2) is 11.9. The van der Waals surface area contributed by atoms with E-state index in [0.29, 0.717) is 21.8 Å². The van der Waals surface area contributed by atoms with Gasteiger partial charge >= 0.3 is 0 Å². The van der Waals surface area contributed by atoms with E-state index in [-0.39, 0.29) is 17.4 Å². The van der Waals surface area contributed by atoms with Crippen LogP contribution in [0.5, 0.6) is 0 Å². The number of ketones is 1. The molecule has 0 unspecified atom stereocenters. The van der Waals surface area contributed by atoms with E-state index in [1.807, 2.05) is 41.8 Å². The van der Waals surface area contributed by atoms with Crippen molar-refractivity contribution in [3.8, 4) is 0 Å². The smallest absolute Gasteiger partial charge is 0.272 e. The van der Waals surface area contributed by atoms with Gasteiger partial charge in [0.05, 0.1) is 0 Å². The van der Waals surface area contributed by atoms with Crippen molar-refractivity contribution in [1.82, 2.24) is 5.32 Å². The highest BCUT2D eigenvalue weighted by molar-refractivity contribution is 7.10. The largest absolute Gasteiger partial charge is 0.321 e. The summed E-state index contributed by atoms with van der Waals surface area (Å²) in [5.74, 6) is -1.06. The molecule has 0 atom stereocenters. The van der Waals surface area contributed by atoms with Crippen LogP contribution in [0, 0.1) is 0 Å². The van der Waals surface area contributed by atoms with E-state index < -0.39 is 5.91 Å². The molecule has 1 aromatic heterocycles. The van der Waals surface area contributed by atoms with Gasteiger partial charge < -0.3 is 10.6 Å². The van der Waals surface area contributed by atoms with Crippen LogP contribution >= 0.6 is 22.9 Å². The van der Waals surface area contributed by atoms with Gasteiger partial charge in [-0.25, -0.2) is 0 Å². The van der Waals surface area contributed by atoms with Crippen LogP contribution in [0.25, 0.3) is 12.2 Å². The van der Waals surface area contributed by atoms with Gasteiger partial charge in [0.25, 0.3) is 11.8 Å². The summed E-state index contributed by atoms with van der Waals surface area (Å²) >= 11 is 7.57. The van der Waals surface area contributed by atoms with E-state index in [2.05, 4.69) is 10.6 Å². The summed E-state index contributed by atoms with van der Waals surface area (Å²) in [5, 5.41) is 7.93. The average Bonchev–Trinajstić information content (AvgIpc) is 3.42. The van der Waals surface area contributed by atoms with E-state index in [9.17, 15) is 14.4 Å². The molecular formula is C29H21ClN2O3S. The minimum absolute atomic E-state index is 0.106. The van der Waals surface area contributed by atoms with Gasteiger partial charge in [0.1, 0.15) is 5.70 Å². The summed E-state index contributed by atoms with van der Waals surface area (Å²) in [7, 11) is 0. The lowest BCUT2D eigenvalue weighted by Gasteiger charge is -2.11. The Kier molecular flexibility index (Phi) is 8.24. The molecule has 178 valence electrons. The molecule has 0 aliphatic rings. The maximum Gasteiger partial charge on any atom is 0.272 e. The lowest BCUT2D eigenvalue weighted by Crippen LogP contribution is -2.30. The molecule has 4 rings (SSSR count). The lowest BCUT2D eigenvalue weighted by atomic mass is 10.1. The van der Waals surface area contributed by atoms with Crippen molar-refractivity contribution in [1.29, 1.82) is 0 Å². The monoisotopic (exact) mass is 512 g/mol. The third-order valence-corrected chi connectivity index (χ3v) is 6.27. The topological polar surface area (TPSA) is 75.3 Å². The first-order chi connectivity index (χ1) is 17.5. The Balaban J connectivity index is 1.46. The Morgan fingerprint density at radius 3 is 2.19 bits per heavy atom. The van der Waals surface area contributed by atoms with E-state index in [4.69, 9.17) is 11.6 Å². The zero-order chi connectivity index (χ0) is 25.3. The first-order valence-corrected chi connectivity index (χ1v) is 12.3. The predicted octanol–water partition coefficient (Wildman–Crippen LogP) is 6.71. The number of halogens is 1. The Labute approximate surface area is 217 Å². The summed E-state index contributed by atoms with van der Waals surface area (Å²) in [5.41, 5.74) is 2.24. The van der Waals surface area contributed by atoms with Gasteiger partial charge in [0.15, 0.2) is 5.78 Å². The number of hydrogen-bond donors (Lipinski definition) is 2. The quantitative estimate of drug-likeness (QED) is 0.203. The highest BCUT2D eigenvalue weighted by atomic mass is 35.5. The van der Waals surface area contributed by atoms with Crippen LogP contribution in [0.15, 0.2) is 108 Å². The molecule has 0 saturated carbocycles. The molecule has 36 heavy (non-hydrogen) atoms. The number of allylic oxidation sites excluding steroid dienone is 1. The van der Waals surface area contributed by atoms with Crippen molar-refractivity contribution >= 4 is 58.4 Å². The fraction of sp³-hybridized carbons (Fsp3) is 0. The van der Waals surface area contributed by atoms with Crippen LogP contribution < -0.4 is 10.6 Å². The molecule has 1 heterocycles. The summed E-state index contributed by atoms with van der Waals surface area (Å²) in [6.45, 7) is 0. The maximum atomic E-state index is 13.0. The predicted molar refractivity (Wildman–Crippen MR) is 146 cm³/mol. The summed E-state index contributed by atoms with van der Waals surface area (Å²) in [4.78, 5) is 39.1. The van der Waals surface area contributed by atoms with Gasteiger partial charge in [-0.2, -0.15) is 0 Å². The van der Waals surface area contributed by atoms with E-state index in [1.165, 1.54) is 17.4 Å². The van der Waals surface area contributed by atoms with Gasteiger partial charge in [-0.15, -0.1) is 11.3 Å². The molecule has 0 aliphatic carbocycles. The molecule has 0 saturated heterocycles. The number of nitrogens with one attached hydrogen (secondary N) is 2. The lowest BCUT2D eigenvalue weighted by molar-refractivity contribution is -0.113. The van der Waals surface area contributed by atoms with Crippen molar-refractivity contribution in [2.75, 3.05) is 5.32 Å². The van der Waals surface area contributed by atoms with Gasteiger partial charge in [-0.1, -0.05) is 54.1 Å². The highest BCUT2D eigenvalue weighted by Gasteiger charge is 2.15. The minimum Gasteiger partial charge on any atom is -0.321 e. The number of thiophene rings is 1. The molecular weight excluding hydrogens is 492 g/mol. The van der Waals surface area contributed by atoms with Crippen molar-refractivity contribution in [2.24, 2.45) is 0 Å². The van der Waals surface area contributed by atoms with Crippen molar-refractivity contribution < 1.29 is 14.4 Å². The number of anilines is 1. The molecule has 0 bridgehead atoms. The molecule has 3 aromatic carbocycles. The van der Waals surface area contributed by atoms with Gasteiger partial charge in [-0.3, -0.25) is 14.4 Å². The Hall–Kier alpha value is -4.26. The van der Waals surface area contributed by atoms with E-state index in [1.54, 1.807) is 66.7 Å². The molecule has 4 aromatic rings. The summed E-state index contributed by atoms with van der Waals surface area (Å²) in [6.07, 6.45) is 4.74. The first kappa shape index (κ1) is 24.9. The van der Waals surface area contributed by atoms with Crippen LogP contribution in [0.2, 0.25) is 5.02 Å². The van der Waals surface area contributed by atoms with Gasteiger partial charge in [0.2, 0.25) is 0 Å². The second-order valence-electron chi connectivity index (χ2n) is 7.64. The van der Waals surface area contributed by atoms with Crippen LogP contribution in [-0.4, -0.2) is 17.6 Å². The number of amides is 2. The van der Waals surface area contributed by atoms with Crippen molar-refractivity contribution in [2.45, 2.75) is 0 Å². The Morgan fingerprint density at radius 2 is 1.50 bits per heavy atom. The van der Waals surface area contributed by atoms with Gasteiger partial charge in [-0.05, 0) is 77.7 Å². The minimum atomic E-state index is -0.481. The zero-order valence-corrected chi connectivity index (χ0v) is 20.6. The second-order valence-corrected chi connectivity index (χ2v) is 9.03. The average molecular weight is 513 g/mol. The normalized spacial score (nSPS) is 11.3. The molecule has 0 aliphatic heterocycles. The SMILES string of the molecule is O=C(Nc1ccc(C(=O)/C=C/c2ccccc2Cl)cc1)/C(=C/c1cccs1)NC(=O)c1ccccc1.